The van der Waals surface area contributed by atoms with Gasteiger partial charge in [0, 0.05) is 56.9 Å². The Morgan fingerprint density at radius 2 is 1.71 bits per heavy atom. The summed E-state index contributed by atoms with van der Waals surface area (Å²) in [7, 11) is 3.62. The van der Waals surface area contributed by atoms with E-state index in [2.05, 4.69) is 26.6 Å². The van der Waals surface area contributed by atoms with E-state index in [1.807, 2.05) is 0 Å². The topological polar surface area (TPSA) is 39.3 Å². The van der Waals surface area contributed by atoms with Gasteiger partial charge in [0.2, 0.25) is 0 Å². The third-order valence-electron chi connectivity index (χ3n) is 8.20. The molecule has 1 aromatic rings. The number of likely N-dealkylation sites (tertiary alicyclic amines) is 2. The monoisotopic (exact) mass is 496 g/mol. The molecule has 4 rings (SSSR count). The molecule has 6 nitrogen and oxygen atoms in total. The molecular formula is C26H39F3N4O2. The van der Waals surface area contributed by atoms with Gasteiger partial charge < -0.3 is 14.5 Å². The van der Waals surface area contributed by atoms with Gasteiger partial charge in [-0.1, -0.05) is 6.07 Å². The standard InChI is InChI=1S/C26H39F3N4O2/c1-30-11-8-22(9-12-30)33-13-10-24(20(19-33)6-7-25(34)35-2)32-16-14-31(15-17-32)23-5-3-4-21(18-23)26(27,28)29/h3-5,18,20,22,24H,6-17,19H2,1-2H3/t20-,24+/m1/s1. The summed E-state index contributed by atoms with van der Waals surface area (Å²) in [4.78, 5) is 21.5. The van der Waals surface area contributed by atoms with Gasteiger partial charge in [0.15, 0.2) is 0 Å². The second-order valence-corrected chi connectivity index (χ2v) is 10.3. The Balaban J connectivity index is 1.38. The van der Waals surface area contributed by atoms with Crippen LogP contribution in [0.4, 0.5) is 18.9 Å². The minimum atomic E-state index is -4.33. The van der Waals surface area contributed by atoms with Crippen LogP contribution in [-0.2, 0) is 15.7 Å². The first kappa shape index (κ1) is 26.2. The first-order valence-electron chi connectivity index (χ1n) is 12.9. The number of piperazine rings is 1. The SMILES string of the molecule is COC(=O)CC[C@@H]1CN(C2CCN(C)CC2)CC[C@@H]1N1CCN(c2cccc(C(F)(F)F)c2)CC1. The Morgan fingerprint density at radius 1 is 1.00 bits per heavy atom. The highest BCUT2D eigenvalue weighted by atomic mass is 19.4. The van der Waals surface area contributed by atoms with Gasteiger partial charge in [-0.3, -0.25) is 14.6 Å². The average molecular weight is 497 g/mol. The molecule has 0 aromatic heterocycles. The highest BCUT2D eigenvalue weighted by molar-refractivity contribution is 5.69. The van der Waals surface area contributed by atoms with Crippen molar-refractivity contribution in [3.63, 3.8) is 0 Å². The van der Waals surface area contributed by atoms with Crippen LogP contribution in [0.15, 0.2) is 24.3 Å². The maximum absolute atomic E-state index is 13.2. The van der Waals surface area contributed by atoms with E-state index in [9.17, 15) is 18.0 Å². The number of carbonyl (C=O) groups is 1. The fourth-order valence-electron chi connectivity index (χ4n) is 6.10. The van der Waals surface area contributed by atoms with Crippen molar-refractivity contribution in [2.24, 2.45) is 5.92 Å². The number of halogens is 3. The molecule has 196 valence electrons. The number of esters is 1. The minimum Gasteiger partial charge on any atom is -0.469 e. The molecule has 0 saturated carbocycles. The fraction of sp³-hybridized carbons (Fsp3) is 0.731. The second kappa shape index (κ2) is 11.5. The quantitative estimate of drug-likeness (QED) is 0.561. The predicted molar refractivity (Wildman–Crippen MR) is 130 cm³/mol. The first-order chi connectivity index (χ1) is 16.7. The van der Waals surface area contributed by atoms with Gasteiger partial charge in [0.05, 0.1) is 12.7 Å². The lowest BCUT2D eigenvalue weighted by Gasteiger charge is -2.49. The highest BCUT2D eigenvalue weighted by Crippen LogP contribution is 2.33. The molecular weight excluding hydrogens is 457 g/mol. The van der Waals surface area contributed by atoms with Crippen LogP contribution in [0.5, 0.6) is 0 Å². The number of methoxy groups -OCH3 is 1. The van der Waals surface area contributed by atoms with Crippen LogP contribution < -0.4 is 4.90 Å². The maximum atomic E-state index is 13.2. The molecule has 3 aliphatic heterocycles. The summed E-state index contributed by atoms with van der Waals surface area (Å²) >= 11 is 0. The molecule has 2 atom stereocenters. The van der Waals surface area contributed by atoms with Gasteiger partial charge in [-0.15, -0.1) is 0 Å². The molecule has 0 spiro atoms. The van der Waals surface area contributed by atoms with Crippen molar-refractivity contribution in [1.82, 2.24) is 14.7 Å². The molecule has 0 amide bonds. The van der Waals surface area contributed by atoms with Crippen LogP contribution >= 0.6 is 0 Å². The number of rotatable bonds is 6. The van der Waals surface area contributed by atoms with Crippen LogP contribution in [-0.4, -0.2) is 99.3 Å². The summed E-state index contributed by atoms with van der Waals surface area (Å²) in [6.07, 6.45) is 0.382. The smallest absolute Gasteiger partial charge is 0.416 e. The number of alkyl halides is 3. The van der Waals surface area contributed by atoms with Gasteiger partial charge >= 0.3 is 12.1 Å². The Hall–Kier alpha value is -1.84. The minimum absolute atomic E-state index is 0.158. The molecule has 1 aromatic carbocycles. The molecule has 0 radical (unpaired) electrons. The molecule has 0 bridgehead atoms. The molecule has 3 heterocycles. The van der Waals surface area contributed by atoms with Gasteiger partial charge in [-0.05, 0) is 76.5 Å². The molecule has 9 heteroatoms. The van der Waals surface area contributed by atoms with Gasteiger partial charge in [-0.2, -0.15) is 13.2 Å². The van der Waals surface area contributed by atoms with Crippen molar-refractivity contribution >= 4 is 11.7 Å². The van der Waals surface area contributed by atoms with E-state index >= 15 is 0 Å². The predicted octanol–water partition coefficient (Wildman–Crippen LogP) is 3.57. The second-order valence-electron chi connectivity index (χ2n) is 10.3. The van der Waals surface area contributed by atoms with E-state index in [1.165, 1.54) is 32.1 Å². The summed E-state index contributed by atoms with van der Waals surface area (Å²) in [6, 6.07) is 6.66. The zero-order valence-electron chi connectivity index (χ0n) is 21.0. The number of nitrogens with zero attached hydrogens (tertiary/aromatic N) is 4. The molecule has 0 N–H and O–H groups in total. The van der Waals surface area contributed by atoms with Crippen molar-refractivity contribution in [3.8, 4) is 0 Å². The lowest BCUT2D eigenvalue weighted by atomic mass is 9.85. The van der Waals surface area contributed by atoms with Gasteiger partial charge in [-0.25, -0.2) is 0 Å². The van der Waals surface area contributed by atoms with Crippen molar-refractivity contribution in [2.75, 3.05) is 71.4 Å². The number of hydrogen-bond donors (Lipinski definition) is 0. The molecule has 3 aliphatic rings. The normalized spacial score (nSPS) is 26.1. The zero-order chi connectivity index (χ0) is 25.0. The Bertz CT molecular complexity index is 836. The maximum Gasteiger partial charge on any atom is 0.416 e. The number of hydrogen-bond acceptors (Lipinski definition) is 6. The van der Waals surface area contributed by atoms with Crippen LogP contribution in [0.1, 0.15) is 37.7 Å². The van der Waals surface area contributed by atoms with Crippen LogP contribution in [0.25, 0.3) is 0 Å². The van der Waals surface area contributed by atoms with Crippen LogP contribution in [0.2, 0.25) is 0 Å². The molecule has 35 heavy (non-hydrogen) atoms. The lowest BCUT2D eigenvalue weighted by Crippen LogP contribution is -2.58. The van der Waals surface area contributed by atoms with Crippen LogP contribution in [0, 0.1) is 5.92 Å². The van der Waals surface area contributed by atoms with Gasteiger partial charge in [0.25, 0.3) is 0 Å². The summed E-state index contributed by atoms with van der Waals surface area (Å²) in [5.41, 5.74) is 0.0420. The summed E-state index contributed by atoms with van der Waals surface area (Å²) in [5, 5.41) is 0. The third kappa shape index (κ3) is 6.68. The Labute approximate surface area is 207 Å². The van der Waals surface area contributed by atoms with Crippen molar-refractivity contribution < 1.29 is 22.7 Å². The number of ether oxygens (including phenoxy) is 1. The van der Waals surface area contributed by atoms with E-state index in [-0.39, 0.29) is 5.97 Å². The number of anilines is 1. The summed E-state index contributed by atoms with van der Waals surface area (Å²) in [6.45, 7) is 7.41. The third-order valence-corrected chi connectivity index (χ3v) is 8.20. The Kier molecular flexibility index (Phi) is 8.60. The van der Waals surface area contributed by atoms with Crippen molar-refractivity contribution in [1.29, 1.82) is 0 Å². The molecule has 3 saturated heterocycles. The van der Waals surface area contributed by atoms with Crippen molar-refractivity contribution in [2.45, 2.75) is 50.4 Å². The molecule has 3 fully saturated rings. The van der Waals surface area contributed by atoms with E-state index < -0.39 is 11.7 Å². The first-order valence-corrected chi connectivity index (χ1v) is 12.9. The lowest BCUT2D eigenvalue weighted by molar-refractivity contribution is -0.141. The number of benzene rings is 1. The highest BCUT2D eigenvalue weighted by Gasteiger charge is 2.38. The van der Waals surface area contributed by atoms with E-state index in [1.54, 1.807) is 6.07 Å². The molecule has 0 aliphatic carbocycles. The number of piperidine rings is 2. The van der Waals surface area contributed by atoms with E-state index in [0.717, 1.165) is 58.2 Å². The summed E-state index contributed by atoms with van der Waals surface area (Å²) in [5.74, 6) is 0.233. The Morgan fingerprint density at radius 3 is 2.37 bits per heavy atom. The van der Waals surface area contributed by atoms with E-state index in [0.29, 0.717) is 43.2 Å². The van der Waals surface area contributed by atoms with Gasteiger partial charge in [0.1, 0.15) is 0 Å². The van der Waals surface area contributed by atoms with Crippen LogP contribution in [0.3, 0.4) is 0 Å². The number of carbonyl (C=O) groups excluding carboxylic acids is 1. The average Bonchev–Trinajstić information content (AvgIpc) is 2.87. The van der Waals surface area contributed by atoms with Crippen molar-refractivity contribution in [3.05, 3.63) is 29.8 Å². The zero-order valence-corrected chi connectivity index (χ0v) is 21.0. The largest absolute Gasteiger partial charge is 0.469 e. The fourth-order valence-corrected chi connectivity index (χ4v) is 6.10. The summed E-state index contributed by atoms with van der Waals surface area (Å²) < 4.78 is 44.4. The van der Waals surface area contributed by atoms with E-state index in [4.69, 9.17) is 4.74 Å². The molecule has 0 unspecified atom stereocenters.